The molecule has 1 amide bonds. The van der Waals surface area contributed by atoms with Crippen LogP contribution in [0.4, 0.5) is 35.0 Å². The summed E-state index contributed by atoms with van der Waals surface area (Å²) < 4.78 is 50.4. The van der Waals surface area contributed by atoms with Crippen LogP contribution >= 0.6 is 0 Å². The SMILES string of the molecule is COc1ccc(N2C(=O)C(=NNc3cccc(-c4cccc(OC(=O)O)c4)c3O)c3ccc(C(F)(F)F)cc32)cc1. The first-order valence-corrected chi connectivity index (χ1v) is 11.9. The number of fused-ring (bicyclic) bond motifs is 1. The number of anilines is 3. The van der Waals surface area contributed by atoms with Crippen LogP contribution in [0.5, 0.6) is 17.2 Å². The van der Waals surface area contributed by atoms with E-state index in [1.165, 1.54) is 43.5 Å². The van der Waals surface area contributed by atoms with E-state index < -0.39 is 23.8 Å². The second kappa shape index (κ2) is 10.6. The summed E-state index contributed by atoms with van der Waals surface area (Å²) in [6, 6.07) is 19.8. The lowest BCUT2D eigenvalue weighted by Gasteiger charge is -2.18. The number of nitrogens with one attached hydrogen (secondary N) is 1. The van der Waals surface area contributed by atoms with Gasteiger partial charge in [0.2, 0.25) is 0 Å². The van der Waals surface area contributed by atoms with Gasteiger partial charge in [0.05, 0.1) is 24.0 Å². The van der Waals surface area contributed by atoms with Crippen molar-refractivity contribution in [2.24, 2.45) is 5.10 Å². The molecule has 1 heterocycles. The van der Waals surface area contributed by atoms with Gasteiger partial charge in [-0.3, -0.25) is 15.1 Å². The molecule has 0 spiro atoms. The van der Waals surface area contributed by atoms with E-state index in [4.69, 9.17) is 9.84 Å². The number of amides is 1. The third-order valence-electron chi connectivity index (χ3n) is 6.23. The van der Waals surface area contributed by atoms with Crippen LogP contribution in [0.15, 0.2) is 90.0 Å². The van der Waals surface area contributed by atoms with E-state index in [9.17, 15) is 27.9 Å². The third-order valence-corrected chi connectivity index (χ3v) is 6.23. The molecule has 41 heavy (non-hydrogen) atoms. The zero-order chi connectivity index (χ0) is 29.3. The minimum absolute atomic E-state index is 0.0104. The number of carbonyl (C=O) groups is 2. The maximum Gasteiger partial charge on any atom is 0.511 e. The Morgan fingerprint density at radius 3 is 2.34 bits per heavy atom. The number of benzene rings is 4. The molecule has 9 nitrogen and oxygen atoms in total. The maximum atomic E-state index is 13.5. The van der Waals surface area contributed by atoms with Gasteiger partial charge in [-0.15, -0.1) is 0 Å². The Hall–Kier alpha value is -5.52. The number of phenolic OH excluding ortho intramolecular Hbond substituents is 1. The molecule has 5 rings (SSSR count). The van der Waals surface area contributed by atoms with E-state index in [0.717, 1.165) is 17.0 Å². The second-order valence-corrected chi connectivity index (χ2v) is 8.74. The standard InChI is InChI=1S/C29H20F3N3O6/c1-40-19-11-9-18(10-12-19)35-24-15-17(29(30,31)32)8-13-22(24)25(27(35)37)34-33-23-7-3-6-21(26(23)36)16-4-2-5-20(14-16)41-28(38)39/h2-15,33,36H,1H3,(H,38,39). The molecule has 0 fully saturated rings. The predicted octanol–water partition coefficient (Wildman–Crippen LogP) is 6.64. The number of methoxy groups -OCH3 is 1. The number of halogens is 3. The lowest BCUT2D eigenvalue weighted by molar-refractivity contribution is -0.137. The van der Waals surface area contributed by atoms with Crippen LogP contribution in [0, 0.1) is 0 Å². The van der Waals surface area contributed by atoms with Crippen molar-refractivity contribution in [3.63, 3.8) is 0 Å². The number of para-hydroxylation sites is 1. The molecule has 0 atom stereocenters. The summed E-state index contributed by atoms with van der Waals surface area (Å²) in [6.07, 6.45) is -6.13. The topological polar surface area (TPSA) is 121 Å². The molecule has 0 saturated heterocycles. The fourth-order valence-corrected chi connectivity index (χ4v) is 4.33. The van der Waals surface area contributed by atoms with Gasteiger partial charge in [0.15, 0.2) is 5.71 Å². The minimum Gasteiger partial charge on any atom is -0.505 e. The van der Waals surface area contributed by atoms with Crippen molar-refractivity contribution in [3.05, 3.63) is 96.1 Å². The first-order valence-electron chi connectivity index (χ1n) is 11.9. The lowest BCUT2D eigenvalue weighted by Crippen LogP contribution is -2.26. The molecule has 0 bridgehead atoms. The number of nitrogens with zero attached hydrogens (tertiary/aromatic N) is 2. The first kappa shape index (κ1) is 27.1. The molecule has 208 valence electrons. The first-order chi connectivity index (χ1) is 19.6. The minimum atomic E-state index is -4.64. The lowest BCUT2D eigenvalue weighted by atomic mass is 10.0. The van der Waals surface area contributed by atoms with Gasteiger partial charge in [0, 0.05) is 16.8 Å². The van der Waals surface area contributed by atoms with Crippen LogP contribution in [0.1, 0.15) is 11.1 Å². The van der Waals surface area contributed by atoms with Crippen LogP contribution in [0.2, 0.25) is 0 Å². The summed E-state index contributed by atoms with van der Waals surface area (Å²) >= 11 is 0. The number of ether oxygens (including phenoxy) is 2. The summed E-state index contributed by atoms with van der Waals surface area (Å²) in [6.45, 7) is 0. The number of hydrazone groups is 1. The summed E-state index contributed by atoms with van der Waals surface area (Å²) in [4.78, 5) is 25.5. The molecule has 4 aromatic rings. The number of phenols is 1. The normalized spacial score (nSPS) is 13.7. The van der Waals surface area contributed by atoms with Crippen molar-refractivity contribution in [1.29, 1.82) is 0 Å². The molecule has 0 unspecified atom stereocenters. The van der Waals surface area contributed by atoms with E-state index in [1.807, 2.05) is 0 Å². The van der Waals surface area contributed by atoms with Crippen molar-refractivity contribution in [1.82, 2.24) is 0 Å². The third kappa shape index (κ3) is 5.35. The van der Waals surface area contributed by atoms with E-state index >= 15 is 0 Å². The van der Waals surface area contributed by atoms with Gasteiger partial charge in [-0.05, 0) is 66.2 Å². The van der Waals surface area contributed by atoms with Crippen molar-refractivity contribution in [2.75, 3.05) is 17.4 Å². The van der Waals surface area contributed by atoms with E-state index in [0.29, 0.717) is 22.6 Å². The van der Waals surface area contributed by atoms with E-state index in [-0.39, 0.29) is 34.1 Å². The number of carboxylic acid groups (broad SMARTS) is 1. The molecule has 12 heteroatoms. The highest BCUT2D eigenvalue weighted by atomic mass is 19.4. The number of hydrogen-bond donors (Lipinski definition) is 3. The van der Waals surface area contributed by atoms with Gasteiger partial charge in [-0.1, -0.05) is 24.3 Å². The van der Waals surface area contributed by atoms with Gasteiger partial charge in [0.1, 0.15) is 17.2 Å². The number of hydrogen-bond acceptors (Lipinski definition) is 7. The smallest absolute Gasteiger partial charge is 0.505 e. The van der Waals surface area contributed by atoms with Crippen molar-refractivity contribution < 1.29 is 42.4 Å². The molecule has 4 aromatic carbocycles. The number of rotatable bonds is 6. The van der Waals surface area contributed by atoms with Crippen LogP contribution in [-0.2, 0) is 11.0 Å². The Morgan fingerprint density at radius 2 is 1.66 bits per heavy atom. The van der Waals surface area contributed by atoms with Crippen LogP contribution in [0.3, 0.4) is 0 Å². The van der Waals surface area contributed by atoms with Gasteiger partial charge in [-0.2, -0.15) is 18.3 Å². The Bertz CT molecular complexity index is 1690. The van der Waals surface area contributed by atoms with Gasteiger partial charge >= 0.3 is 12.3 Å². The van der Waals surface area contributed by atoms with Crippen molar-refractivity contribution >= 4 is 34.8 Å². The summed E-state index contributed by atoms with van der Waals surface area (Å²) in [5.74, 6) is -0.422. The molecule has 0 aliphatic carbocycles. The average Bonchev–Trinajstić information content (AvgIpc) is 3.22. The van der Waals surface area contributed by atoms with Gasteiger partial charge in [-0.25, -0.2) is 4.79 Å². The summed E-state index contributed by atoms with van der Waals surface area (Å²) in [5.41, 5.74) is 2.80. The molecule has 3 N–H and O–H groups in total. The fourth-order valence-electron chi connectivity index (χ4n) is 4.33. The summed E-state index contributed by atoms with van der Waals surface area (Å²) in [5, 5.41) is 24.0. The number of carbonyl (C=O) groups excluding carboxylic acids is 1. The summed E-state index contributed by atoms with van der Waals surface area (Å²) in [7, 11) is 1.46. The highest BCUT2D eigenvalue weighted by Crippen LogP contribution is 2.41. The second-order valence-electron chi connectivity index (χ2n) is 8.74. The van der Waals surface area contributed by atoms with Crippen LogP contribution < -0.4 is 19.8 Å². The van der Waals surface area contributed by atoms with Gasteiger partial charge in [0.25, 0.3) is 5.91 Å². The highest BCUT2D eigenvalue weighted by molar-refractivity contribution is 6.55. The molecule has 1 aliphatic heterocycles. The monoisotopic (exact) mass is 563 g/mol. The zero-order valence-corrected chi connectivity index (χ0v) is 21.1. The zero-order valence-electron chi connectivity index (χ0n) is 21.1. The Balaban J connectivity index is 1.53. The molecule has 0 radical (unpaired) electrons. The fraction of sp³-hybridized carbons (Fsp3) is 0.0690. The van der Waals surface area contributed by atoms with Crippen LogP contribution in [0.25, 0.3) is 11.1 Å². The molecule has 0 saturated carbocycles. The van der Waals surface area contributed by atoms with Crippen molar-refractivity contribution in [3.8, 4) is 28.4 Å². The average molecular weight is 563 g/mol. The quantitative estimate of drug-likeness (QED) is 0.104. The van der Waals surface area contributed by atoms with E-state index in [1.54, 1.807) is 36.4 Å². The maximum absolute atomic E-state index is 13.5. The predicted molar refractivity (Wildman–Crippen MR) is 144 cm³/mol. The molecule has 1 aliphatic rings. The number of alkyl halides is 3. The Morgan fingerprint density at radius 1 is 0.927 bits per heavy atom. The molecular formula is C29H20F3N3O6. The Kier molecular flexibility index (Phi) is 6.97. The van der Waals surface area contributed by atoms with E-state index in [2.05, 4.69) is 15.3 Å². The largest absolute Gasteiger partial charge is 0.511 e. The van der Waals surface area contributed by atoms with Crippen molar-refractivity contribution in [2.45, 2.75) is 6.18 Å². The number of aromatic hydroxyl groups is 1. The van der Waals surface area contributed by atoms with Gasteiger partial charge < -0.3 is 19.7 Å². The highest BCUT2D eigenvalue weighted by Gasteiger charge is 2.39. The van der Waals surface area contributed by atoms with Crippen LogP contribution in [-0.4, -0.2) is 35.1 Å². The Labute approximate surface area is 230 Å². The molecule has 0 aromatic heterocycles. The molecular weight excluding hydrogens is 543 g/mol.